The molecule has 27 heavy (non-hydrogen) atoms. The molecule has 6 heteroatoms. The number of H-pyrrole nitrogens is 1. The van der Waals surface area contributed by atoms with Crippen LogP contribution in [0.1, 0.15) is 61.6 Å². The largest absolute Gasteiger partial charge is 0.462 e. The summed E-state index contributed by atoms with van der Waals surface area (Å²) in [4.78, 5) is 28.3. The monoisotopic (exact) mass is 370 g/mol. The first-order chi connectivity index (χ1) is 12.8. The highest BCUT2D eigenvalue weighted by Gasteiger charge is 2.38. The minimum Gasteiger partial charge on any atom is -0.462 e. The second kappa shape index (κ2) is 7.24. The summed E-state index contributed by atoms with van der Waals surface area (Å²) in [5.41, 5.74) is 0.543. The van der Waals surface area contributed by atoms with Crippen molar-refractivity contribution >= 4 is 16.9 Å². The molecule has 144 valence electrons. The van der Waals surface area contributed by atoms with Gasteiger partial charge in [0.2, 0.25) is 0 Å². The van der Waals surface area contributed by atoms with Gasteiger partial charge in [-0.05, 0) is 46.0 Å². The fourth-order valence-electron chi connectivity index (χ4n) is 3.38. The summed E-state index contributed by atoms with van der Waals surface area (Å²) in [5, 5.41) is 11.0. The summed E-state index contributed by atoms with van der Waals surface area (Å²) in [5.74, 6) is 5.69. The molecule has 2 N–H and O–H groups in total. The van der Waals surface area contributed by atoms with Crippen molar-refractivity contribution in [3.8, 4) is 11.8 Å². The van der Waals surface area contributed by atoms with Crippen molar-refractivity contribution in [3.05, 3.63) is 33.4 Å². The number of hydrogen-bond donors (Lipinski definition) is 2. The van der Waals surface area contributed by atoms with E-state index in [9.17, 15) is 14.7 Å². The van der Waals surface area contributed by atoms with Gasteiger partial charge >= 0.3 is 5.97 Å². The third-order valence-electron chi connectivity index (χ3n) is 4.98. The van der Waals surface area contributed by atoms with Crippen molar-refractivity contribution in [2.75, 3.05) is 6.61 Å². The Morgan fingerprint density at radius 3 is 2.74 bits per heavy atom. The van der Waals surface area contributed by atoms with Gasteiger partial charge < -0.3 is 19.4 Å². The second-order valence-electron chi connectivity index (χ2n) is 7.31. The summed E-state index contributed by atoms with van der Waals surface area (Å²) in [6.07, 6.45) is 4.40. The van der Waals surface area contributed by atoms with Crippen LogP contribution in [-0.2, 0) is 11.3 Å². The Bertz CT molecular complexity index is 997. The van der Waals surface area contributed by atoms with E-state index in [1.807, 2.05) is 6.92 Å². The lowest BCUT2D eigenvalue weighted by Crippen LogP contribution is -2.24. The van der Waals surface area contributed by atoms with Crippen molar-refractivity contribution in [2.45, 2.75) is 59.1 Å². The summed E-state index contributed by atoms with van der Waals surface area (Å²) < 4.78 is 6.78. The van der Waals surface area contributed by atoms with Crippen LogP contribution in [0.3, 0.4) is 0 Å². The Labute approximate surface area is 158 Å². The van der Waals surface area contributed by atoms with Crippen molar-refractivity contribution < 1.29 is 14.6 Å². The average Bonchev–Trinajstić information content (AvgIpc) is 3.40. The third kappa shape index (κ3) is 3.65. The molecule has 0 amide bonds. The van der Waals surface area contributed by atoms with Crippen LogP contribution in [0.15, 0.2) is 11.0 Å². The SMILES string of the molecule is CCCn1cc(C#CC(C)(O)C2CC2)c2c(C(=O)OCC)c(C)[nH]c2c1=O. The first kappa shape index (κ1) is 19.2. The van der Waals surface area contributed by atoms with Gasteiger partial charge in [-0.3, -0.25) is 4.79 Å². The minimum atomic E-state index is -1.08. The number of aromatic nitrogens is 2. The standard InChI is InChI=1S/C21H26N2O4/c1-5-11-23-12-14(9-10-21(4,26)15-7-8-15)17-16(20(25)27-6-2)13(3)22-18(17)19(23)24/h12,15,22,26H,5-8,11H2,1-4H3. The highest BCUT2D eigenvalue weighted by atomic mass is 16.5. The van der Waals surface area contributed by atoms with Crippen LogP contribution in [-0.4, -0.2) is 32.8 Å². The number of carbonyl (C=O) groups is 1. The molecule has 0 bridgehead atoms. The van der Waals surface area contributed by atoms with E-state index in [-0.39, 0.29) is 18.1 Å². The van der Waals surface area contributed by atoms with Crippen LogP contribution >= 0.6 is 0 Å². The zero-order valence-electron chi connectivity index (χ0n) is 16.3. The van der Waals surface area contributed by atoms with E-state index >= 15 is 0 Å². The average molecular weight is 370 g/mol. The molecule has 0 aliphatic heterocycles. The topological polar surface area (TPSA) is 84.3 Å². The molecule has 1 atom stereocenters. The maximum atomic E-state index is 12.8. The number of fused-ring (bicyclic) bond motifs is 1. The summed E-state index contributed by atoms with van der Waals surface area (Å²) in [6, 6.07) is 0. The van der Waals surface area contributed by atoms with E-state index in [2.05, 4.69) is 16.8 Å². The summed E-state index contributed by atoms with van der Waals surface area (Å²) >= 11 is 0. The minimum absolute atomic E-state index is 0.180. The molecule has 3 rings (SSSR count). The lowest BCUT2D eigenvalue weighted by molar-refractivity contribution is 0.0528. The van der Waals surface area contributed by atoms with Crippen molar-refractivity contribution in [2.24, 2.45) is 5.92 Å². The molecule has 1 fully saturated rings. The highest BCUT2D eigenvalue weighted by Crippen LogP contribution is 2.39. The van der Waals surface area contributed by atoms with Crippen LogP contribution in [0.2, 0.25) is 0 Å². The number of aromatic amines is 1. The van der Waals surface area contributed by atoms with E-state index in [1.54, 1.807) is 31.5 Å². The Morgan fingerprint density at radius 2 is 2.15 bits per heavy atom. The zero-order chi connectivity index (χ0) is 19.8. The van der Waals surface area contributed by atoms with E-state index in [0.717, 1.165) is 19.3 Å². The molecule has 1 unspecified atom stereocenters. The number of aliphatic hydroxyl groups is 1. The van der Waals surface area contributed by atoms with E-state index in [1.165, 1.54) is 0 Å². The first-order valence-electron chi connectivity index (χ1n) is 9.48. The molecule has 1 aliphatic carbocycles. The van der Waals surface area contributed by atoms with Crippen LogP contribution in [0, 0.1) is 24.7 Å². The Balaban J connectivity index is 2.26. The van der Waals surface area contributed by atoms with Gasteiger partial charge in [-0.25, -0.2) is 4.79 Å². The maximum Gasteiger partial charge on any atom is 0.340 e. The van der Waals surface area contributed by atoms with Gasteiger partial charge in [0.25, 0.3) is 5.56 Å². The summed E-state index contributed by atoms with van der Waals surface area (Å²) in [6.45, 7) is 7.98. The molecule has 2 aromatic rings. The molecule has 2 aromatic heterocycles. The van der Waals surface area contributed by atoms with E-state index in [0.29, 0.717) is 34.3 Å². The molecule has 0 saturated heterocycles. The molecule has 0 spiro atoms. The normalized spacial score (nSPS) is 15.9. The number of rotatable bonds is 5. The van der Waals surface area contributed by atoms with Crippen LogP contribution < -0.4 is 5.56 Å². The van der Waals surface area contributed by atoms with Gasteiger partial charge in [-0.15, -0.1) is 0 Å². The zero-order valence-corrected chi connectivity index (χ0v) is 16.3. The fraction of sp³-hybridized carbons (Fsp3) is 0.524. The van der Waals surface area contributed by atoms with Crippen LogP contribution in [0.5, 0.6) is 0 Å². The van der Waals surface area contributed by atoms with Crippen molar-refractivity contribution in [1.29, 1.82) is 0 Å². The van der Waals surface area contributed by atoms with Crippen LogP contribution in [0.4, 0.5) is 0 Å². The number of aryl methyl sites for hydroxylation is 2. The molecule has 1 saturated carbocycles. The summed E-state index contributed by atoms with van der Waals surface area (Å²) in [7, 11) is 0. The van der Waals surface area contributed by atoms with Gasteiger partial charge in [-0.2, -0.15) is 0 Å². The van der Waals surface area contributed by atoms with Gasteiger partial charge in [0.05, 0.1) is 17.7 Å². The Hall–Kier alpha value is -2.52. The predicted octanol–water partition coefficient (Wildman–Crippen LogP) is 2.74. The lowest BCUT2D eigenvalue weighted by atomic mass is 10.00. The highest BCUT2D eigenvalue weighted by molar-refractivity contribution is 6.07. The van der Waals surface area contributed by atoms with Gasteiger partial charge in [0.15, 0.2) is 0 Å². The predicted molar refractivity (Wildman–Crippen MR) is 104 cm³/mol. The number of ether oxygens (including phenoxy) is 1. The van der Waals surface area contributed by atoms with Gasteiger partial charge in [0.1, 0.15) is 11.1 Å². The van der Waals surface area contributed by atoms with Crippen molar-refractivity contribution in [1.82, 2.24) is 9.55 Å². The molecule has 1 aliphatic rings. The second-order valence-corrected chi connectivity index (χ2v) is 7.31. The quantitative estimate of drug-likeness (QED) is 0.626. The lowest BCUT2D eigenvalue weighted by Gasteiger charge is -2.14. The Kier molecular flexibility index (Phi) is 5.16. The fourth-order valence-corrected chi connectivity index (χ4v) is 3.38. The molecule has 0 aromatic carbocycles. The number of nitrogens with zero attached hydrogens (tertiary/aromatic N) is 1. The van der Waals surface area contributed by atoms with Gasteiger partial charge in [0, 0.05) is 23.8 Å². The Morgan fingerprint density at radius 1 is 1.44 bits per heavy atom. The molecular formula is C21H26N2O4. The number of hydrogen-bond acceptors (Lipinski definition) is 4. The maximum absolute atomic E-state index is 12.8. The van der Waals surface area contributed by atoms with Gasteiger partial charge in [-0.1, -0.05) is 18.8 Å². The number of pyridine rings is 1. The smallest absolute Gasteiger partial charge is 0.340 e. The number of nitrogens with one attached hydrogen (secondary N) is 1. The number of esters is 1. The molecule has 6 nitrogen and oxygen atoms in total. The third-order valence-corrected chi connectivity index (χ3v) is 4.98. The molecule has 2 heterocycles. The van der Waals surface area contributed by atoms with E-state index in [4.69, 9.17) is 4.74 Å². The number of carbonyl (C=O) groups excluding carboxylic acids is 1. The first-order valence-corrected chi connectivity index (χ1v) is 9.48. The van der Waals surface area contributed by atoms with Crippen molar-refractivity contribution in [3.63, 3.8) is 0 Å². The molecule has 0 radical (unpaired) electrons. The van der Waals surface area contributed by atoms with E-state index < -0.39 is 11.6 Å². The van der Waals surface area contributed by atoms with Crippen LogP contribution in [0.25, 0.3) is 10.9 Å². The molecular weight excluding hydrogens is 344 g/mol.